The van der Waals surface area contributed by atoms with Gasteiger partial charge in [0, 0.05) is 18.8 Å². The number of amides is 1. The van der Waals surface area contributed by atoms with E-state index in [1.54, 1.807) is 4.90 Å². The number of hydrogen-bond acceptors (Lipinski definition) is 4. The smallest absolute Gasteiger partial charge is 0.410 e. The molecule has 1 aromatic rings. The fourth-order valence-corrected chi connectivity index (χ4v) is 2.04. The minimum atomic E-state index is -0.453. The molecule has 1 aliphatic rings. The van der Waals surface area contributed by atoms with Crippen molar-refractivity contribution in [3.05, 3.63) is 29.8 Å². The number of aliphatic hydroxyl groups excluding tert-OH is 1. The van der Waals surface area contributed by atoms with E-state index in [0.717, 1.165) is 11.3 Å². The van der Waals surface area contributed by atoms with Gasteiger partial charge in [0.05, 0.1) is 12.6 Å². The van der Waals surface area contributed by atoms with Crippen molar-refractivity contribution in [1.29, 1.82) is 0 Å². The molecule has 1 fully saturated rings. The SMILES string of the molecule is CC(C)(C)OC(=O)N1CC(Nc2cccc(CO)c2)C1. The number of likely N-dealkylation sites (tertiary alicyclic amines) is 1. The van der Waals surface area contributed by atoms with Crippen LogP contribution < -0.4 is 5.32 Å². The number of hydrogen-bond donors (Lipinski definition) is 2. The van der Waals surface area contributed by atoms with Gasteiger partial charge in [0.15, 0.2) is 0 Å². The van der Waals surface area contributed by atoms with Crippen molar-refractivity contribution in [3.63, 3.8) is 0 Å². The minimum Gasteiger partial charge on any atom is -0.444 e. The monoisotopic (exact) mass is 278 g/mol. The van der Waals surface area contributed by atoms with E-state index in [1.807, 2.05) is 45.0 Å². The lowest BCUT2D eigenvalue weighted by Gasteiger charge is -2.40. The van der Waals surface area contributed by atoms with Crippen LogP contribution in [0, 0.1) is 0 Å². The molecule has 0 bridgehead atoms. The maximum atomic E-state index is 11.8. The molecule has 110 valence electrons. The summed E-state index contributed by atoms with van der Waals surface area (Å²) in [6, 6.07) is 7.87. The van der Waals surface area contributed by atoms with Crippen LogP contribution in [0.25, 0.3) is 0 Å². The first-order valence-corrected chi connectivity index (χ1v) is 6.81. The zero-order chi connectivity index (χ0) is 14.8. The first kappa shape index (κ1) is 14.7. The predicted molar refractivity (Wildman–Crippen MR) is 77.6 cm³/mol. The molecule has 5 nitrogen and oxygen atoms in total. The van der Waals surface area contributed by atoms with Crippen LogP contribution in [-0.4, -0.2) is 40.8 Å². The van der Waals surface area contributed by atoms with Crippen molar-refractivity contribution in [1.82, 2.24) is 4.90 Å². The molecule has 5 heteroatoms. The molecule has 1 aliphatic heterocycles. The zero-order valence-electron chi connectivity index (χ0n) is 12.2. The Morgan fingerprint density at radius 3 is 2.75 bits per heavy atom. The van der Waals surface area contributed by atoms with E-state index >= 15 is 0 Å². The molecule has 0 spiro atoms. The van der Waals surface area contributed by atoms with Gasteiger partial charge in [-0.05, 0) is 38.5 Å². The van der Waals surface area contributed by atoms with Gasteiger partial charge in [-0.2, -0.15) is 0 Å². The summed E-state index contributed by atoms with van der Waals surface area (Å²) in [5.41, 5.74) is 1.38. The third-order valence-corrected chi connectivity index (χ3v) is 3.01. The fraction of sp³-hybridized carbons (Fsp3) is 0.533. The van der Waals surface area contributed by atoms with Crippen LogP contribution in [0.3, 0.4) is 0 Å². The van der Waals surface area contributed by atoms with Gasteiger partial charge >= 0.3 is 6.09 Å². The van der Waals surface area contributed by atoms with Gasteiger partial charge in [0.2, 0.25) is 0 Å². The molecule has 1 heterocycles. The Kier molecular flexibility index (Phi) is 4.18. The van der Waals surface area contributed by atoms with Gasteiger partial charge in [0.25, 0.3) is 0 Å². The number of anilines is 1. The Bertz CT molecular complexity index is 476. The normalized spacial score (nSPS) is 15.7. The summed E-state index contributed by atoms with van der Waals surface area (Å²) in [7, 11) is 0. The summed E-state index contributed by atoms with van der Waals surface area (Å²) in [4.78, 5) is 13.5. The van der Waals surface area contributed by atoms with Crippen molar-refractivity contribution in [3.8, 4) is 0 Å². The van der Waals surface area contributed by atoms with Gasteiger partial charge in [-0.3, -0.25) is 0 Å². The van der Waals surface area contributed by atoms with Gasteiger partial charge in [-0.1, -0.05) is 12.1 Å². The van der Waals surface area contributed by atoms with Crippen LogP contribution in [0.1, 0.15) is 26.3 Å². The molecule has 1 aromatic carbocycles. The second-order valence-electron chi connectivity index (χ2n) is 6.09. The number of aliphatic hydroxyl groups is 1. The first-order valence-electron chi connectivity index (χ1n) is 6.81. The van der Waals surface area contributed by atoms with E-state index in [0.29, 0.717) is 13.1 Å². The Hall–Kier alpha value is -1.75. The van der Waals surface area contributed by atoms with Crippen molar-refractivity contribution in [2.45, 2.75) is 39.0 Å². The Morgan fingerprint density at radius 1 is 1.45 bits per heavy atom. The highest BCUT2D eigenvalue weighted by molar-refractivity contribution is 5.69. The number of benzene rings is 1. The average molecular weight is 278 g/mol. The van der Waals surface area contributed by atoms with Gasteiger partial charge < -0.3 is 20.1 Å². The van der Waals surface area contributed by atoms with Gasteiger partial charge in [-0.25, -0.2) is 4.79 Å². The topological polar surface area (TPSA) is 61.8 Å². The predicted octanol–water partition coefficient (Wildman–Crippen LogP) is 2.21. The molecular weight excluding hydrogens is 256 g/mol. The largest absolute Gasteiger partial charge is 0.444 e. The van der Waals surface area contributed by atoms with E-state index in [-0.39, 0.29) is 18.7 Å². The zero-order valence-corrected chi connectivity index (χ0v) is 12.2. The average Bonchev–Trinajstić information content (AvgIpc) is 2.31. The molecule has 0 atom stereocenters. The molecule has 0 aromatic heterocycles. The number of carbonyl (C=O) groups is 1. The second-order valence-corrected chi connectivity index (χ2v) is 6.09. The second kappa shape index (κ2) is 5.71. The third-order valence-electron chi connectivity index (χ3n) is 3.01. The van der Waals surface area contributed by atoms with Crippen molar-refractivity contribution < 1.29 is 14.6 Å². The Labute approximate surface area is 119 Å². The van der Waals surface area contributed by atoms with E-state index < -0.39 is 5.60 Å². The standard InChI is InChI=1S/C15H22N2O3/c1-15(2,3)20-14(19)17-8-13(9-17)16-12-6-4-5-11(7-12)10-18/h4-7,13,16,18H,8-10H2,1-3H3. The highest BCUT2D eigenvalue weighted by Crippen LogP contribution is 2.19. The van der Waals surface area contributed by atoms with E-state index in [9.17, 15) is 4.79 Å². The summed E-state index contributed by atoms with van der Waals surface area (Å²) in [6.07, 6.45) is -0.264. The minimum absolute atomic E-state index is 0.0320. The summed E-state index contributed by atoms with van der Waals surface area (Å²) in [6.45, 7) is 6.89. The van der Waals surface area contributed by atoms with E-state index in [2.05, 4.69) is 5.32 Å². The number of nitrogens with zero attached hydrogens (tertiary/aromatic N) is 1. The quantitative estimate of drug-likeness (QED) is 0.890. The Morgan fingerprint density at radius 2 is 2.15 bits per heavy atom. The molecule has 1 saturated heterocycles. The third kappa shape index (κ3) is 3.87. The Balaban J connectivity index is 1.80. The van der Waals surface area contributed by atoms with Crippen molar-refractivity contribution in [2.24, 2.45) is 0 Å². The molecule has 20 heavy (non-hydrogen) atoms. The maximum Gasteiger partial charge on any atom is 0.410 e. The van der Waals surface area contributed by atoms with Crippen LogP contribution in [0.4, 0.5) is 10.5 Å². The maximum absolute atomic E-state index is 11.8. The summed E-state index contributed by atoms with van der Waals surface area (Å²) >= 11 is 0. The molecule has 0 unspecified atom stereocenters. The van der Waals surface area contributed by atoms with Crippen molar-refractivity contribution in [2.75, 3.05) is 18.4 Å². The lowest BCUT2D eigenvalue weighted by Crippen LogP contribution is -2.57. The van der Waals surface area contributed by atoms with Crippen LogP contribution >= 0.6 is 0 Å². The molecular formula is C15H22N2O3. The van der Waals surface area contributed by atoms with Crippen LogP contribution in [0.15, 0.2) is 24.3 Å². The lowest BCUT2D eigenvalue weighted by molar-refractivity contribution is 0.0105. The number of carbonyl (C=O) groups excluding carboxylic acids is 1. The molecule has 1 amide bonds. The molecule has 2 N–H and O–H groups in total. The molecule has 0 aliphatic carbocycles. The number of rotatable bonds is 3. The molecule has 0 saturated carbocycles. The van der Waals surface area contributed by atoms with Crippen LogP contribution in [-0.2, 0) is 11.3 Å². The van der Waals surface area contributed by atoms with Gasteiger partial charge in [0.1, 0.15) is 5.60 Å². The fourth-order valence-electron chi connectivity index (χ4n) is 2.04. The first-order chi connectivity index (χ1) is 9.37. The highest BCUT2D eigenvalue weighted by Gasteiger charge is 2.33. The van der Waals surface area contributed by atoms with E-state index in [4.69, 9.17) is 9.84 Å². The summed E-state index contributed by atoms with van der Waals surface area (Å²) in [5.74, 6) is 0. The highest BCUT2D eigenvalue weighted by atomic mass is 16.6. The summed E-state index contributed by atoms with van der Waals surface area (Å²) < 4.78 is 5.30. The molecule has 2 rings (SSSR count). The summed E-state index contributed by atoms with van der Waals surface area (Å²) in [5, 5.41) is 12.4. The number of ether oxygens (including phenoxy) is 1. The molecule has 0 radical (unpaired) electrons. The van der Waals surface area contributed by atoms with Crippen LogP contribution in [0.5, 0.6) is 0 Å². The number of nitrogens with one attached hydrogen (secondary N) is 1. The van der Waals surface area contributed by atoms with E-state index in [1.165, 1.54) is 0 Å². The lowest BCUT2D eigenvalue weighted by atomic mass is 10.1. The van der Waals surface area contributed by atoms with Crippen LogP contribution in [0.2, 0.25) is 0 Å². The van der Waals surface area contributed by atoms with Gasteiger partial charge in [-0.15, -0.1) is 0 Å². The van der Waals surface area contributed by atoms with Crippen molar-refractivity contribution >= 4 is 11.8 Å².